The van der Waals surface area contributed by atoms with E-state index in [-0.39, 0.29) is 24.3 Å². The maximum absolute atomic E-state index is 12.6. The average molecular weight is 367 g/mol. The van der Waals surface area contributed by atoms with Crippen molar-refractivity contribution in [2.75, 3.05) is 0 Å². The predicted molar refractivity (Wildman–Crippen MR) is 98.2 cm³/mol. The Bertz CT molecular complexity index is 1260. The summed E-state index contributed by atoms with van der Waals surface area (Å²) in [6, 6.07) is 7.52. The van der Waals surface area contributed by atoms with Crippen LogP contribution in [0.5, 0.6) is 0 Å². The van der Waals surface area contributed by atoms with Crippen molar-refractivity contribution in [2.24, 2.45) is 14.1 Å². The lowest BCUT2D eigenvalue weighted by Crippen LogP contribution is -2.43. The average Bonchev–Trinajstić information content (AvgIpc) is 3.25. The summed E-state index contributed by atoms with van der Waals surface area (Å²) in [5, 5.41) is 2.68. The first-order valence-electron chi connectivity index (χ1n) is 8.27. The Morgan fingerprint density at radius 2 is 2.00 bits per heavy atom. The van der Waals surface area contributed by atoms with Gasteiger partial charge in [0, 0.05) is 14.1 Å². The SMILES string of the molecule is Cn1cnc2c1c(=O)n(CC(=O)NCc1nc3ccccc3[nH]1)c(=O)n2C. The Morgan fingerprint density at radius 3 is 2.78 bits per heavy atom. The number of amides is 1. The number of carbonyl (C=O) groups excluding carboxylic acids is 1. The highest BCUT2D eigenvalue weighted by molar-refractivity contribution is 5.77. The van der Waals surface area contributed by atoms with Crippen LogP contribution in [0.15, 0.2) is 40.2 Å². The highest BCUT2D eigenvalue weighted by Crippen LogP contribution is 2.09. The van der Waals surface area contributed by atoms with Gasteiger partial charge in [0.1, 0.15) is 12.4 Å². The van der Waals surface area contributed by atoms with Gasteiger partial charge < -0.3 is 14.9 Å². The molecule has 0 saturated carbocycles. The highest BCUT2D eigenvalue weighted by atomic mass is 16.2. The zero-order valence-corrected chi connectivity index (χ0v) is 14.8. The quantitative estimate of drug-likeness (QED) is 0.510. The van der Waals surface area contributed by atoms with Gasteiger partial charge in [-0.2, -0.15) is 0 Å². The molecule has 2 N–H and O–H groups in total. The molecule has 10 heteroatoms. The maximum atomic E-state index is 12.6. The minimum absolute atomic E-state index is 0.163. The van der Waals surface area contributed by atoms with Crippen LogP contribution >= 0.6 is 0 Å². The summed E-state index contributed by atoms with van der Waals surface area (Å²) in [4.78, 5) is 48.8. The Hall–Kier alpha value is -3.69. The van der Waals surface area contributed by atoms with Gasteiger partial charge in [-0.25, -0.2) is 19.3 Å². The summed E-state index contributed by atoms with van der Waals surface area (Å²) >= 11 is 0. The highest BCUT2D eigenvalue weighted by Gasteiger charge is 2.17. The van der Waals surface area contributed by atoms with Crippen LogP contribution in [0.25, 0.3) is 22.2 Å². The molecule has 10 nitrogen and oxygen atoms in total. The predicted octanol–water partition coefficient (Wildman–Crippen LogP) is -0.374. The molecule has 0 spiro atoms. The summed E-state index contributed by atoms with van der Waals surface area (Å²) in [5.41, 5.74) is 1.08. The van der Waals surface area contributed by atoms with Gasteiger partial charge >= 0.3 is 5.69 Å². The van der Waals surface area contributed by atoms with Gasteiger partial charge in [0.05, 0.1) is 23.9 Å². The summed E-state index contributed by atoms with van der Waals surface area (Å²) < 4.78 is 3.68. The van der Waals surface area contributed by atoms with E-state index in [9.17, 15) is 14.4 Å². The molecule has 4 rings (SSSR count). The van der Waals surface area contributed by atoms with Crippen LogP contribution in [0.4, 0.5) is 0 Å². The van der Waals surface area contributed by atoms with Crippen LogP contribution in [-0.2, 0) is 32.0 Å². The molecule has 0 aliphatic carbocycles. The van der Waals surface area contributed by atoms with Crippen LogP contribution in [0, 0.1) is 0 Å². The molecule has 3 aromatic heterocycles. The van der Waals surface area contributed by atoms with E-state index in [1.807, 2.05) is 24.3 Å². The number of aromatic nitrogens is 6. The molecule has 27 heavy (non-hydrogen) atoms. The lowest BCUT2D eigenvalue weighted by molar-refractivity contribution is -0.122. The Balaban J connectivity index is 1.57. The number of rotatable bonds is 4. The minimum Gasteiger partial charge on any atom is -0.347 e. The van der Waals surface area contributed by atoms with Gasteiger partial charge in [-0.3, -0.25) is 14.2 Å². The smallest absolute Gasteiger partial charge is 0.332 e. The summed E-state index contributed by atoms with van der Waals surface area (Å²) in [7, 11) is 3.17. The van der Waals surface area contributed by atoms with E-state index >= 15 is 0 Å². The zero-order chi connectivity index (χ0) is 19.1. The summed E-state index contributed by atoms with van der Waals surface area (Å²) in [6.07, 6.45) is 1.46. The van der Waals surface area contributed by atoms with Crippen molar-refractivity contribution >= 4 is 28.1 Å². The first-order valence-corrected chi connectivity index (χ1v) is 8.27. The number of hydrogen-bond acceptors (Lipinski definition) is 5. The molecule has 0 atom stereocenters. The zero-order valence-electron chi connectivity index (χ0n) is 14.8. The number of aryl methyl sites for hydroxylation is 2. The third kappa shape index (κ3) is 2.80. The lowest BCUT2D eigenvalue weighted by atomic mass is 10.3. The molecule has 3 heterocycles. The molecule has 0 saturated heterocycles. The molecule has 0 bridgehead atoms. The number of carbonyl (C=O) groups is 1. The van der Waals surface area contributed by atoms with Crippen LogP contribution < -0.4 is 16.6 Å². The molecule has 1 aromatic carbocycles. The third-order valence-corrected chi connectivity index (χ3v) is 4.39. The van der Waals surface area contributed by atoms with Crippen molar-refractivity contribution in [3.8, 4) is 0 Å². The molecular formula is C17H17N7O3. The van der Waals surface area contributed by atoms with Gasteiger partial charge in [-0.15, -0.1) is 0 Å². The monoisotopic (exact) mass is 367 g/mol. The number of para-hydroxylation sites is 2. The fourth-order valence-corrected chi connectivity index (χ4v) is 3.01. The van der Waals surface area contributed by atoms with E-state index in [0.29, 0.717) is 5.82 Å². The topological polar surface area (TPSA) is 120 Å². The number of nitrogens with one attached hydrogen (secondary N) is 2. The van der Waals surface area contributed by atoms with E-state index in [0.717, 1.165) is 15.6 Å². The number of H-pyrrole nitrogens is 1. The number of benzene rings is 1. The molecule has 0 aliphatic rings. The molecule has 0 radical (unpaired) electrons. The van der Waals surface area contributed by atoms with Gasteiger partial charge in [0.15, 0.2) is 11.2 Å². The first kappa shape index (κ1) is 16.8. The first-order chi connectivity index (χ1) is 13.0. The molecular weight excluding hydrogens is 350 g/mol. The Kier molecular flexibility index (Phi) is 3.87. The fraction of sp³-hybridized carbons (Fsp3) is 0.235. The van der Waals surface area contributed by atoms with Crippen LogP contribution in [-0.4, -0.2) is 34.6 Å². The van der Waals surface area contributed by atoms with E-state index in [2.05, 4.69) is 20.3 Å². The van der Waals surface area contributed by atoms with E-state index in [1.165, 1.54) is 22.5 Å². The number of imidazole rings is 2. The van der Waals surface area contributed by atoms with Crippen molar-refractivity contribution in [2.45, 2.75) is 13.1 Å². The Morgan fingerprint density at radius 1 is 1.22 bits per heavy atom. The molecule has 4 aromatic rings. The minimum atomic E-state index is -0.593. The van der Waals surface area contributed by atoms with Crippen LogP contribution in [0.1, 0.15) is 5.82 Å². The van der Waals surface area contributed by atoms with Crippen molar-refractivity contribution < 1.29 is 4.79 Å². The third-order valence-electron chi connectivity index (χ3n) is 4.39. The second kappa shape index (κ2) is 6.24. The van der Waals surface area contributed by atoms with E-state index in [4.69, 9.17) is 0 Å². The Labute approximate surface area is 152 Å². The normalized spacial score (nSPS) is 11.3. The molecule has 138 valence electrons. The number of fused-ring (bicyclic) bond motifs is 2. The molecule has 0 unspecified atom stereocenters. The standard InChI is InChI=1S/C17H17N7O3/c1-22-9-19-15-14(22)16(26)24(17(27)23(15)2)8-13(25)18-7-12-20-10-5-3-4-6-11(10)21-12/h3-6,9H,7-8H2,1-2H3,(H,18,25)(H,20,21). The van der Waals surface area contributed by atoms with Gasteiger partial charge in [-0.1, -0.05) is 12.1 Å². The molecule has 0 fully saturated rings. The fourth-order valence-electron chi connectivity index (χ4n) is 3.01. The second-order valence-electron chi connectivity index (χ2n) is 6.24. The van der Waals surface area contributed by atoms with Gasteiger partial charge in [-0.05, 0) is 12.1 Å². The summed E-state index contributed by atoms with van der Waals surface area (Å²) in [6.45, 7) is -0.219. The van der Waals surface area contributed by atoms with Gasteiger partial charge in [0.2, 0.25) is 5.91 Å². The van der Waals surface area contributed by atoms with Crippen molar-refractivity contribution in [1.82, 2.24) is 34.0 Å². The van der Waals surface area contributed by atoms with Crippen LogP contribution in [0.2, 0.25) is 0 Å². The number of nitrogens with zero attached hydrogens (tertiary/aromatic N) is 5. The van der Waals surface area contributed by atoms with Crippen molar-refractivity contribution in [3.63, 3.8) is 0 Å². The maximum Gasteiger partial charge on any atom is 0.332 e. The molecule has 0 aliphatic heterocycles. The van der Waals surface area contributed by atoms with Gasteiger partial charge in [0.25, 0.3) is 5.56 Å². The summed E-state index contributed by atoms with van der Waals surface area (Å²) in [5.74, 6) is 0.128. The lowest BCUT2D eigenvalue weighted by Gasteiger charge is -2.08. The van der Waals surface area contributed by atoms with E-state index in [1.54, 1.807) is 7.05 Å². The second-order valence-corrected chi connectivity index (χ2v) is 6.24. The van der Waals surface area contributed by atoms with E-state index < -0.39 is 17.2 Å². The number of hydrogen-bond donors (Lipinski definition) is 2. The van der Waals surface area contributed by atoms with Crippen LogP contribution in [0.3, 0.4) is 0 Å². The molecule has 1 amide bonds. The van der Waals surface area contributed by atoms with Crippen molar-refractivity contribution in [3.05, 3.63) is 57.3 Å². The van der Waals surface area contributed by atoms with Crippen molar-refractivity contribution in [1.29, 1.82) is 0 Å². The number of aromatic amines is 1. The largest absolute Gasteiger partial charge is 0.347 e.